The molecule has 8 nitrogen and oxygen atoms in total. The zero-order valence-electron chi connectivity index (χ0n) is 14.9. The first-order valence-corrected chi connectivity index (χ1v) is 9.81. The van der Waals surface area contributed by atoms with Gasteiger partial charge in [0, 0.05) is 12.1 Å². The molecule has 1 rings (SSSR count). The van der Waals surface area contributed by atoms with E-state index in [9.17, 15) is 18.0 Å². The molecular formula is C16H25N3O5S. The zero-order chi connectivity index (χ0) is 19.0. The third-order valence-corrected chi connectivity index (χ3v) is 4.06. The van der Waals surface area contributed by atoms with E-state index >= 15 is 0 Å². The van der Waals surface area contributed by atoms with Crippen LogP contribution in [0.5, 0.6) is 5.75 Å². The van der Waals surface area contributed by atoms with E-state index in [1.807, 2.05) is 6.92 Å². The molecule has 0 saturated carbocycles. The molecule has 140 valence electrons. The monoisotopic (exact) mass is 371 g/mol. The third kappa shape index (κ3) is 7.53. The Morgan fingerprint density at radius 1 is 1.24 bits per heavy atom. The van der Waals surface area contributed by atoms with Crippen molar-refractivity contribution < 1.29 is 22.7 Å². The Hall–Kier alpha value is -2.13. The Labute approximate surface area is 148 Å². The average molecular weight is 371 g/mol. The van der Waals surface area contributed by atoms with Crippen LogP contribution >= 0.6 is 0 Å². The summed E-state index contributed by atoms with van der Waals surface area (Å²) in [6.45, 7) is 3.43. The molecule has 9 heteroatoms. The number of benzene rings is 1. The van der Waals surface area contributed by atoms with Crippen LogP contribution in [-0.4, -0.2) is 39.6 Å². The number of methoxy groups -OCH3 is 1. The number of anilines is 2. The minimum Gasteiger partial charge on any atom is -0.495 e. The van der Waals surface area contributed by atoms with Gasteiger partial charge in [0.1, 0.15) is 5.75 Å². The highest BCUT2D eigenvalue weighted by Crippen LogP contribution is 2.28. The van der Waals surface area contributed by atoms with Crippen LogP contribution in [0.3, 0.4) is 0 Å². The second-order valence-corrected chi connectivity index (χ2v) is 7.45. The SMILES string of the molecule is CCCCC(=O)Nc1cc(NC(=O)C(C)NS(C)(=O)=O)ccc1OC. The van der Waals surface area contributed by atoms with Crippen molar-refractivity contribution in [2.24, 2.45) is 0 Å². The Bertz CT molecular complexity index is 718. The first kappa shape index (κ1) is 20.9. The molecule has 0 fully saturated rings. The molecule has 0 saturated heterocycles. The van der Waals surface area contributed by atoms with Crippen molar-refractivity contribution in [2.75, 3.05) is 24.0 Å². The minimum absolute atomic E-state index is 0.143. The molecule has 0 aliphatic carbocycles. The van der Waals surface area contributed by atoms with Gasteiger partial charge < -0.3 is 15.4 Å². The smallest absolute Gasteiger partial charge is 0.242 e. The number of carbonyl (C=O) groups is 2. The minimum atomic E-state index is -3.49. The van der Waals surface area contributed by atoms with Crippen molar-refractivity contribution in [3.05, 3.63) is 18.2 Å². The van der Waals surface area contributed by atoms with Crippen LogP contribution in [0.1, 0.15) is 33.1 Å². The van der Waals surface area contributed by atoms with Crippen LogP contribution in [0.25, 0.3) is 0 Å². The number of carbonyl (C=O) groups excluding carboxylic acids is 2. The van der Waals surface area contributed by atoms with Gasteiger partial charge in [-0.25, -0.2) is 13.1 Å². The van der Waals surface area contributed by atoms with Gasteiger partial charge in [0.2, 0.25) is 21.8 Å². The molecular weight excluding hydrogens is 346 g/mol. The summed E-state index contributed by atoms with van der Waals surface area (Å²) >= 11 is 0. The Balaban J connectivity index is 2.86. The van der Waals surface area contributed by atoms with E-state index in [1.165, 1.54) is 14.0 Å². The van der Waals surface area contributed by atoms with E-state index in [0.29, 0.717) is 23.5 Å². The largest absolute Gasteiger partial charge is 0.495 e. The fourth-order valence-corrected chi connectivity index (χ4v) is 2.81. The molecule has 0 bridgehead atoms. The molecule has 1 aromatic rings. The first-order chi connectivity index (χ1) is 11.7. The molecule has 0 aromatic heterocycles. The number of amides is 2. The van der Waals surface area contributed by atoms with Gasteiger partial charge in [-0.2, -0.15) is 0 Å². The number of unbranched alkanes of at least 4 members (excludes halogenated alkanes) is 1. The van der Waals surface area contributed by atoms with E-state index in [2.05, 4.69) is 15.4 Å². The van der Waals surface area contributed by atoms with Gasteiger partial charge in [-0.15, -0.1) is 0 Å². The van der Waals surface area contributed by atoms with Crippen LogP contribution in [0, 0.1) is 0 Å². The molecule has 0 heterocycles. The second kappa shape index (κ2) is 9.38. The van der Waals surface area contributed by atoms with Crippen LogP contribution in [0.4, 0.5) is 11.4 Å². The molecule has 25 heavy (non-hydrogen) atoms. The molecule has 1 atom stereocenters. The quantitative estimate of drug-likeness (QED) is 0.611. The normalized spacial score (nSPS) is 12.3. The predicted molar refractivity (Wildman–Crippen MR) is 97.2 cm³/mol. The molecule has 3 N–H and O–H groups in total. The van der Waals surface area contributed by atoms with Gasteiger partial charge in [0.15, 0.2) is 0 Å². The second-order valence-electron chi connectivity index (χ2n) is 5.67. The van der Waals surface area contributed by atoms with E-state index in [-0.39, 0.29) is 5.91 Å². The van der Waals surface area contributed by atoms with Crippen LogP contribution in [-0.2, 0) is 19.6 Å². The Kier molecular flexibility index (Phi) is 7.85. The highest BCUT2D eigenvalue weighted by Gasteiger charge is 2.17. The summed E-state index contributed by atoms with van der Waals surface area (Å²) in [7, 11) is -2.01. The number of sulfonamides is 1. The molecule has 0 aliphatic rings. The molecule has 1 unspecified atom stereocenters. The van der Waals surface area contributed by atoms with Crippen LogP contribution < -0.4 is 20.1 Å². The molecule has 0 radical (unpaired) electrons. The summed E-state index contributed by atoms with van der Waals surface area (Å²) in [5.41, 5.74) is 0.851. The summed E-state index contributed by atoms with van der Waals surface area (Å²) in [6.07, 6.45) is 3.06. The molecule has 2 amide bonds. The molecule has 0 spiro atoms. The fraction of sp³-hybridized carbons (Fsp3) is 0.500. The average Bonchev–Trinajstić information content (AvgIpc) is 2.51. The lowest BCUT2D eigenvalue weighted by atomic mass is 10.2. The van der Waals surface area contributed by atoms with Gasteiger partial charge in [0.05, 0.1) is 25.1 Å². The summed E-state index contributed by atoms with van der Waals surface area (Å²) in [5, 5.41) is 5.35. The summed E-state index contributed by atoms with van der Waals surface area (Å²) in [5.74, 6) is -0.195. The lowest BCUT2D eigenvalue weighted by molar-refractivity contribution is -0.117. The number of rotatable bonds is 9. The van der Waals surface area contributed by atoms with Crippen molar-refractivity contribution in [1.82, 2.24) is 4.72 Å². The predicted octanol–water partition coefficient (Wildman–Crippen LogP) is 1.70. The van der Waals surface area contributed by atoms with Crippen molar-refractivity contribution in [2.45, 2.75) is 39.2 Å². The number of ether oxygens (including phenoxy) is 1. The number of nitrogens with one attached hydrogen (secondary N) is 3. The summed E-state index contributed by atoms with van der Waals surface area (Å²) in [4.78, 5) is 24.0. The van der Waals surface area contributed by atoms with Gasteiger partial charge in [0.25, 0.3) is 0 Å². The van der Waals surface area contributed by atoms with Crippen molar-refractivity contribution >= 4 is 33.2 Å². The highest BCUT2D eigenvalue weighted by molar-refractivity contribution is 7.88. The summed E-state index contributed by atoms with van der Waals surface area (Å²) in [6, 6.07) is 3.85. The van der Waals surface area contributed by atoms with E-state index in [4.69, 9.17) is 4.74 Å². The summed E-state index contributed by atoms with van der Waals surface area (Å²) < 4.78 is 29.8. The standard InChI is InChI=1S/C16H25N3O5S/c1-5-6-7-15(20)18-13-10-12(8-9-14(13)24-3)17-16(21)11(2)19-25(4,22)23/h8-11,19H,5-7H2,1-4H3,(H,17,21)(H,18,20). The van der Waals surface area contributed by atoms with Crippen LogP contribution in [0.15, 0.2) is 18.2 Å². The lowest BCUT2D eigenvalue weighted by Crippen LogP contribution is -2.41. The zero-order valence-corrected chi connectivity index (χ0v) is 15.7. The topological polar surface area (TPSA) is 114 Å². The lowest BCUT2D eigenvalue weighted by Gasteiger charge is -2.15. The van der Waals surface area contributed by atoms with Crippen molar-refractivity contribution in [1.29, 1.82) is 0 Å². The van der Waals surface area contributed by atoms with E-state index < -0.39 is 22.0 Å². The van der Waals surface area contributed by atoms with E-state index in [0.717, 1.165) is 19.1 Å². The highest BCUT2D eigenvalue weighted by atomic mass is 32.2. The molecule has 0 aliphatic heterocycles. The van der Waals surface area contributed by atoms with Crippen molar-refractivity contribution in [3.63, 3.8) is 0 Å². The van der Waals surface area contributed by atoms with Gasteiger partial charge in [-0.3, -0.25) is 9.59 Å². The fourth-order valence-electron chi connectivity index (χ4n) is 2.06. The first-order valence-electron chi connectivity index (χ1n) is 7.92. The number of hydrogen-bond acceptors (Lipinski definition) is 5. The van der Waals surface area contributed by atoms with E-state index in [1.54, 1.807) is 18.2 Å². The van der Waals surface area contributed by atoms with Gasteiger partial charge in [-0.1, -0.05) is 13.3 Å². The molecule has 1 aromatic carbocycles. The maximum atomic E-state index is 12.1. The maximum absolute atomic E-state index is 12.1. The van der Waals surface area contributed by atoms with Crippen LogP contribution in [0.2, 0.25) is 0 Å². The van der Waals surface area contributed by atoms with Gasteiger partial charge in [-0.05, 0) is 31.5 Å². The maximum Gasteiger partial charge on any atom is 0.242 e. The number of hydrogen-bond donors (Lipinski definition) is 3. The Morgan fingerprint density at radius 3 is 2.48 bits per heavy atom. The van der Waals surface area contributed by atoms with Gasteiger partial charge >= 0.3 is 0 Å². The van der Waals surface area contributed by atoms with Crippen molar-refractivity contribution in [3.8, 4) is 5.75 Å². The Morgan fingerprint density at radius 2 is 1.92 bits per heavy atom. The third-order valence-electron chi connectivity index (χ3n) is 3.28.